The van der Waals surface area contributed by atoms with E-state index in [1.807, 2.05) is 6.92 Å². The van der Waals surface area contributed by atoms with Crippen molar-refractivity contribution >= 4 is 11.6 Å². The zero-order chi connectivity index (χ0) is 14.4. The molecule has 1 amide bonds. The summed E-state index contributed by atoms with van der Waals surface area (Å²) >= 11 is 0. The van der Waals surface area contributed by atoms with Crippen LogP contribution in [0.3, 0.4) is 0 Å². The maximum Gasteiger partial charge on any atom is 0.256 e. The lowest BCUT2D eigenvalue weighted by Gasteiger charge is -2.08. The molecule has 4 heteroatoms. The van der Waals surface area contributed by atoms with E-state index in [1.165, 1.54) is 0 Å². The fourth-order valence-corrected chi connectivity index (χ4v) is 1.73. The molecule has 0 saturated carbocycles. The van der Waals surface area contributed by atoms with Gasteiger partial charge in [0.25, 0.3) is 5.91 Å². The van der Waals surface area contributed by atoms with Crippen molar-refractivity contribution in [3.8, 4) is 11.8 Å². The van der Waals surface area contributed by atoms with E-state index in [9.17, 15) is 4.79 Å². The van der Waals surface area contributed by atoms with Crippen LogP contribution in [-0.4, -0.2) is 22.6 Å². The summed E-state index contributed by atoms with van der Waals surface area (Å²) in [7, 11) is 0. The summed E-state index contributed by atoms with van der Waals surface area (Å²) in [5.74, 6) is 5.09. The van der Waals surface area contributed by atoms with E-state index in [4.69, 9.17) is 5.11 Å². The summed E-state index contributed by atoms with van der Waals surface area (Å²) in [4.78, 5) is 16.3. The number of hydrogen-bond donors (Lipinski definition) is 2. The molecule has 0 saturated heterocycles. The summed E-state index contributed by atoms with van der Waals surface area (Å²) in [6, 6.07) is 8.77. The van der Waals surface area contributed by atoms with Gasteiger partial charge < -0.3 is 10.4 Å². The number of carbonyl (C=O) groups is 1. The van der Waals surface area contributed by atoms with Crippen LogP contribution in [0.4, 0.5) is 5.69 Å². The zero-order valence-electron chi connectivity index (χ0n) is 11.1. The number of carbonyl (C=O) groups excluding carboxylic acids is 1. The van der Waals surface area contributed by atoms with E-state index in [-0.39, 0.29) is 12.5 Å². The molecule has 0 aliphatic carbocycles. The Hall–Kier alpha value is -2.64. The highest BCUT2D eigenvalue weighted by molar-refractivity contribution is 6.06. The van der Waals surface area contributed by atoms with Gasteiger partial charge in [-0.1, -0.05) is 24.0 Å². The average molecular weight is 266 g/mol. The largest absolute Gasteiger partial charge is 0.384 e. The number of aliphatic hydroxyl groups excluding tert-OH is 1. The molecule has 0 radical (unpaired) electrons. The van der Waals surface area contributed by atoms with Gasteiger partial charge in [0.05, 0.1) is 5.56 Å². The number of hydrogen-bond acceptors (Lipinski definition) is 3. The minimum absolute atomic E-state index is 0.234. The molecule has 20 heavy (non-hydrogen) atoms. The highest BCUT2D eigenvalue weighted by atomic mass is 16.2. The molecule has 0 fully saturated rings. The summed E-state index contributed by atoms with van der Waals surface area (Å²) in [5.41, 5.74) is 2.67. The molecular weight excluding hydrogens is 252 g/mol. The second-order valence-corrected chi connectivity index (χ2v) is 4.15. The summed E-state index contributed by atoms with van der Waals surface area (Å²) in [6.07, 6.45) is 3.31. The SMILES string of the molecule is Cc1cnccc1NC(=O)c1ccccc1C#CCO. The van der Waals surface area contributed by atoms with Crippen molar-refractivity contribution < 1.29 is 9.90 Å². The topological polar surface area (TPSA) is 62.2 Å². The van der Waals surface area contributed by atoms with Crippen LogP contribution in [0.15, 0.2) is 42.7 Å². The number of pyridine rings is 1. The summed E-state index contributed by atoms with van der Waals surface area (Å²) in [5, 5.41) is 11.6. The Kier molecular flexibility index (Phi) is 4.48. The van der Waals surface area contributed by atoms with E-state index in [0.29, 0.717) is 11.1 Å². The fourth-order valence-electron chi connectivity index (χ4n) is 1.73. The maximum atomic E-state index is 12.3. The van der Waals surface area contributed by atoms with Gasteiger partial charge in [-0.05, 0) is 30.7 Å². The van der Waals surface area contributed by atoms with Crippen molar-refractivity contribution in [2.24, 2.45) is 0 Å². The van der Waals surface area contributed by atoms with Crippen molar-refractivity contribution in [2.45, 2.75) is 6.92 Å². The molecule has 0 atom stereocenters. The van der Waals surface area contributed by atoms with Crippen LogP contribution >= 0.6 is 0 Å². The number of rotatable bonds is 2. The van der Waals surface area contributed by atoms with Gasteiger partial charge in [-0.3, -0.25) is 9.78 Å². The Morgan fingerprint density at radius 2 is 2.15 bits per heavy atom. The number of aromatic nitrogens is 1. The molecule has 0 aliphatic rings. The van der Waals surface area contributed by atoms with Crippen molar-refractivity contribution in [2.75, 3.05) is 11.9 Å². The zero-order valence-corrected chi connectivity index (χ0v) is 11.1. The van der Waals surface area contributed by atoms with Gasteiger partial charge in [-0.15, -0.1) is 0 Å². The molecule has 0 spiro atoms. The molecular formula is C16H14N2O2. The quantitative estimate of drug-likeness (QED) is 0.817. The third-order valence-electron chi connectivity index (χ3n) is 2.74. The van der Waals surface area contributed by atoms with Crippen molar-refractivity contribution in [1.29, 1.82) is 0 Å². The van der Waals surface area contributed by atoms with E-state index in [1.54, 1.807) is 42.7 Å². The van der Waals surface area contributed by atoms with Crippen LogP contribution < -0.4 is 5.32 Å². The van der Waals surface area contributed by atoms with Gasteiger partial charge in [-0.25, -0.2) is 0 Å². The van der Waals surface area contributed by atoms with Crippen LogP contribution in [0.2, 0.25) is 0 Å². The standard InChI is InChI=1S/C16H14N2O2/c1-12-11-17-9-8-15(12)18-16(20)14-7-3-2-5-13(14)6-4-10-19/h2-3,5,7-9,11,19H,10H2,1H3,(H,17,18,20). The van der Waals surface area contributed by atoms with Crippen LogP contribution in [0, 0.1) is 18.8 Å². The molecule has 0 aliphatic heterocycles. The average Bonchev–Trinajstić information content (AvgIpc) is 2.47. The summed E-state index contributed by atoms with van der Waals surface area (Å²) in [6.45, 7) is 1.64. The van der Waals surface area contributed by atoms with Gasteiger partial charge >= 0.3 is 0 Å². The maximum absolute atomic E-state index is 12.3. The molecule has 2 aromatic rings. The van der Waals surface area contributed by atoms with Gasteiger partial charge in [0.2, 0.25) is 0 Å². The minimum Gasteiger partial charge on any atom is -0.384 e. The molecule has 1 aromatic carbocycles. The lowest BCUT2D eigenvalue weighted by Crippen LogP contribution is -2.14. The number of aryl methyl sites for hydroxylation is 1. The van der Waals surface area contributed by atoms with Crippen LogP contribution in [0.5, 0.6) is 0 Å². The Balaban J connectivity index is 2.28. The Bertz CT molecular complexity index is 684. The van der Waals surface area contributed by atoms with Crippen molar-refractivity contribution in [1.82, 2.24) is 4.98 Å². The number of aliphatic hydroxyl groups is 1. The van der Waals surface area contributed by atoms with E-state index < -0.39 is 0 Å². The summed E-state index contributed by atoms with van der Waals surface area (Å²) < 4.78 is 0. The Morgan fingerprint density at radius 3 is 2.90 bits per heavy atom. The first kappa shape index (κ1) is 13.8. The third-order valence-corrected chi connectivity index (χ3v) is 2.74. The first-order valence-corrected chi connectivity index (χ1v) is 6.13. The number of nitrogens with one attached hydrogen (secondary N) is 1. The molecule has 0 unspecified atom stereocenters. The fraction of sp³-hybridized carbons (Fsp3) is 0.125. The third kappa shape index (κ3) is 3.22. The van der Waals surface area contributed by atoms with Gasteiger partial charge in [-0.2, -0.15) is 0 Å². The Morgan fingerprint density at radius 1 is 1.35 bits per heavy atom. The first-order valence-electron chi connectivity index (χ1n) is 6.13. The monoisotopic (exact) mass is 266 g/mol. The van der Waals surface area contributed by atoms with E-state index in [2.05, 4.69) is 22.1 Å². The van der Waals surface area contributed by atoms with Gasteiger partial charge in [0.15, 0.2) is 0 Å². The minimum atomic E-state index is -0.237. The Labute approximate surface area is 117 Å². The van der Waals surface area contributed by atoms with Gasteiger partial charge in [0, 0.05) is 23.6 Å². The highest BCUT2D eigenvalue weighted by Crippen LogP contribution is 2.15. The molecule has 0 bridgehead atoms. The van der Waals surface area contributed by atoms with Crippen LogP contribution in [0.25, 0.3) is 0 Å². The van der Waals surface area contributed by atoms with Crippen molar-refractivity contribution in [3.05, 3.63) is 59.4 Å². The van der Waals surface area contributed by atoms with E-state index >= 15 is 0 Å². The van der Waals surface area contributed by atoms with Crippen LogP contribution in [-0.2, 0) is 0 Å². The molecule has 4 nitrogen and oxygen atoms in total. The molecule has 1 heterocycles. The molecule has 2 rings (SSSR count). The normalized spacial score (nSPS) is 9.50. The van der Waals surface area contributed by atoms with Gasteiger partial charge in [0.1, 0.15) is 6.61 Å². The second kappa shape index (κ2) is 6.50. The predicted molar refractivity (Wildman–Crippen MR) is 77.3 cm³/mol. The van der Waals surface area contributed by atoms with Crippen LogP contribution in [0.1, 0.15) is 21.5 Å². The highest BCUT2D eigenvalue weighted by Gasteiger charge is 2.10. The number of benzene rings is 1. The molecule has 100 valence electrons. The molecule has 1 aromatic heterocycles. The predicted octanol–water partition coefficient (Wildman–Crippen LogP) is 1.99. The van der Waals surface area contributed by atoms with Crippen molar-refractivity contribution in [3.63, 3.8) is 0 Å². The smallest absolute Gasteiger partial charge is 0.256 e. The molecule has 2 N–H and O–H groups in total. The first-order chi connectivity index (χ1) is 9.72. The number of anilines is 1. The lowest BCUT2D eigenvalue weighted by atomic mass is 10.1. The number of amides is 1. The number of nitrogens with zero attached hydrogens (tertiary/aromatic N) is 1. The lowest BCUT2D eigenvalue weighted by molar-refractivity contribution is 0.102. The van der Waals surface area contributed by atoms with E-state index in [0.717, 1.165) is 11.3 Å². The second-order valence-electron chi connectivity index (χ2n) is 4.15.